The number of carboxylic acid groups (broad SMARTS) is 1. The standard InChI is InChI=1S/C9H10BrNO2.ClH/c1-7(9(12)13)11(10)8-5-3-2-4-6-8;/h2-7H,1H3,(H,12,13);1H. The van der Waals surface area contributed by atoms with Gasteiger partial charge in [-0.05, 0) is 19.1 Å². The number of benzene rings is 1. The average molecular weight is 281 g/mol. The summed E-state index contributed by atoms with van der Waals surface area (Å²) in [6.45, 7) is 1.62. The van der Waals surface area contributed by atoms with E-state index in [0.29, 0.717) is 0 Å². The predicted molar refractivity (Wildman–Crippen MR) is 62.2 cm³/mol. The third-order valence-corrected chi connectivity index (χ3v) is 2.72. The van der Waals surface area contributed by atoms with Gasteiger partial charge < -0.3 is 5.11 Å². The second-order valence-electron chi connectivity index (χ2n) is 2.66. The number of aliphatic carboxylic acids is 1. The summed E-state index contributed by atoms with van der Waals surface area (Å²) < 4.78 is 1.54. The van der Waals surface area contributed by atoms with Crippen LogP contribution in [0, 0.1) is 0 Å². The van der Waals surface area contributed by atoms with Crippen molar-refractivity contribution in [3.63, 3.8) is 0 Å². The Labute approximate surface area is 97.5 Å². The van der Waals surface area contributed by atoms with Crippen molar-refractivity contribution in [2.45, 2.75) is 13.0 Å². The van der Waals surface area contributed by atoms with Crippen LogP contribution in [0.1, 0.15) is 6.92 Å². The molecule has 14 heavy (non-hydrogen) atoms. The summed E-state index contributed by atoms with van der Waals surface area (Å²) in [4.78, 5) is 10.6. The molecule has 1 aromatic rings. The fourth-order valence-electron chi connectivity index (χ4n) is 0.891. The van der Waals surface area contributed by atoms with Gasteiger partial charge in [-0.15, -0.1) is 12.4 Å². The lowest BCUT2D eigenvalue weighted by Crippen LogP contribution is -2.31. The Balaban J connectivity index is 0.00000169. The Morgan fingerprint density at radius 3 is 2.36 bits per heavy atom. The van der Waals surface area contributed by atoms with E-state index in [4.69, 9.17) is 5.11 Å². The van der Waals surface area contributed by atoms with Crippen LogP contribution in [0.2, 0.25) is 0 Å². The van der Waals surface area contributed by atoms with Crippen LogP contribution in [0.3, 0.4) is 0 Å². The molecule has 0 aromatic heterocycles. The number of carbonyl (C=O) groups is 1. The molecule has 0 bridgehead atoms. The maximum atomic E-state index is 10.6. The predicted octanol–water partition coefficient (Wildman–Crippen LogP) is 2.70. The summed E-state index contributed by atoms with van der Waals surface area (Å²) in [5.74, 6) is -0.860. The second-order valence-corrected chi connectivity index (χ2v) is 3.43. The van der Waals surface area contributed by atoms with Crippen molar-refractivity contribution in [3.05, 3.63) is 30.3 Å². The van der Waals surface area contributed by atoms with Gasteiger partial charge >= 0.3 is 5.97 Å². The Bertz CT molecular complexity index is 294. The molecule has 0 saturated heterocycles. The van der Waals surface area contributed by atoms with Gasteiger partial charge in [0, 0.05) is 5.69 Å². The molecule has 0 amide bonds. The highest BCUT2D eigenvalue weighted by molar-refractivity contribution is 9.10. The number of halogens is 2. The van der Waals surface area contributed by atoms with Gasteiger partial charge in [0.25, 0.3) is 0 Å². The van der Waals surface area contributed by atoms with Crippen LogP contribution in [0.15, 0.2) is 30.3 Å². The molecule has 1 unspecified atom stereocenters. The number of hydrogen-bond acceptors (Lipinski definition) is 2. The summed E-state index contributed by atoms with van der Waals surface area (Å²) in [6.07, 6.45) is 0. The zero-order chi connectivity index (χ0) is 9.84. The number of nitrogens with zero attached hydrogens (tertiary/aromatic N) is 1. The Hall–Kier alpha value is -0.740. The van der Waals surface area contributed by atoms with Gasteiger partial charge in [-0.25, -0.2) is 4.79 Å². The van der Waals surface area contributed by atoms with Crippen LogP contribution >= 0.6 is 28.6 Å². The van der Waals surface area contributed by atoms with E-state index in [9.17, 15) is 4.79 Å². The molecule has 0 heterocycles. The Morgan fingerprint density at radius 1 is 1.43 bits per heavy atom. The number of rotatable bonds is 3. The lowest BCUT2D eigenvalue weighted by atomic mass is 10.3. The van der Waals surface area contributed by atoms with Crippen molar-refractivity contribution in [2.75, 3.05) is 3.93 Å². The molecule has 3 nitrogen and oxygen atoms in total. The topological polar surface area (TPSA) is 40.5 Å². The van der Waals surface area contributed by atoms with Gasteiger partial charge in [-0.1, -0.05) is 18.2 Å². The van der Waals surface area contributed by atoms with E-state index in [-0.39, 0.29) is 12.4 Å². The summed E-state index contributed by atoms with van der Waals surface area (Å²) >= 11 is 3.20. The van der Waals surface area contributed by atoms with Crippen molar-refractivity contribution in [3.8, 4) is 0 Å². The molecular formula is C9H11BrClNO2. The maximum Gasteiger partial charge on any atom is 0.327 e. The van der Waals surface area contributed by atoms with Crippen molar-refractivity contribution < 1.29 is 9.90 Å². The lowest BCUT2D eigenvalue weighted by Gasteiger charge is -2.20. The molecule has 1 atom stereocenters. The zero-order valence-corrected chi connectivity index (χ0v) is 9.96. The highest BCUT2D eigenvalue weighted by Gasteiger charge is 2.18. The Morgan fingerprint density at radius 2 is 1.93 bits per heavy atom. The normalized spacial score (nSPS) is 11.3. The molecule has 1 rings (SSSR count). The molecule has 0 radical (unpaired) electrons. The minimum absolute atomic E-state index is 0. The monoisotopic (exact) mass is 279 g/mol. The molecule has 1 N–H and O–H groups in total. The van der Waals surface area contributed by atoms with Crippen molar-refractivity contribution >= 4 is 40.2 Å². The smallest absolute Gasteiger partial charge is 0.327 e. The molecular weight excluding hydrogens is 269 g/mol. The molecule has 0 aliphatic heterocycles. The number of para-hydroxylation sites is 1. The summed E-state index contributed by atoms with van der Waals surface area (Å²) in [6, 6.07) is 8.71. The van der Waals surface area contributed by atoms with Gasteiger partial charge in [0.2, 0.25) is 0 Å². The first-order valence-corrected chi connectivity index (χ1v) is 4.56. The molecule has 1 aromatic carbocycles. The largest absolute Gasteiger partial charge is 0.480 e. The molecule has 0 saturated carbocycles. The minimum Gasteiger partial charge on any atom is -0.480 e. The van der Waals surface area contributed by atoms with Crippen LogP contribution in [-0.4, -0.2) is 17.1 Å². The molecule has 0 fully saturated rings. The van der Waals surface area contributed by atoms with E-state index >= 15 is 0 Å². The summed E-state index contributed by atoms with van der Waals surface area (Å²) in [5.41, 5.74) is 0.831. The first kappa shape index (κ1) is 13.3. The highest BCUT2D eigenvalue weighted by Crippen LogP contribution is 2.20. The van der Waals surface area contributed by atoms with Crippen molar-refractivity contribution in [2.24, 2.45) is 0 Å². The zero-order valence-electron chi connectivity index (χ0n) is 7.55. The van der Waals surface area contributed by atoms with E-state index in [1.807, 2.05) is 30.3 Å². The van der Waals surface area contributed by atoms with Crippen LogP contribution in [0.4, 0.5) is 5.69 Å². The van der Waals surface area contributed by atoms with Crippen LogP contribution in [0.5, 0.6) is 0 Å². The summed E-state index contributed by atoms with van der Waals surface area (Å²) in [7, 11) is 0. The third kappa shape index (κ3) is 3.20. The first-order chi connectivity index (χ1) is 6.13. The van der Waals surface area contributed by atoms with Gasteiger partial charge in [0.1, 0.15) is 6.04 Å². The van der Waals surface area contributed by atoms with Gasteiger partial charge in [0.05, 0.1) is 16.1 Å². The molecule has 0 aliphatic carbocycles. The van der Waals surface area contributed by atoms with Gasteiger partial charge in [-0.3, -0.25) is 3.93 Å². The number of anilines is 1. The van der Waals surface area contributed by atoms with E-state index < -0.39 is 12.0 Å². The average Bonchev–Trinajstić information content (AvgIpc) is 2.17. The van der Waals surface area contributed by atoms with E-state index in [1.54, 1.807) is 6.92 Å². The van der Waals surface area contributed by atoms with Crippen LogP contribution < -0.4 is 3.93 Å². The number of hydrogen-bond donors (Lipinski definition) is 1. The fourth-order valence-corrected chi connectivity index (χ4v) is 1.30. The quantitative estimate of drug-likeness (QED) is 0.866. The second kappa shape index (κ2) is 5.88. The molecule has 0 spiro atoms. The third-order valence-electron chi connectivity index (χ3n) is 1.70. The van der Waals surface area contributed by atoms with Crippen molar-refractivity contribution in [1.29, 1.82) is 0 Å². The molecule has 0 aliphatic rings. The number of carboxylic acids is 1. The van der Waals surface area contributed by atoms with E-state index in [2.05, 4.69) is 16.1 Å². The maximum absolute atomic E-state index is 10.6. The Kier molecular flexibility index (Phi) is 5.57. The van der Waals surface area contributed by atoms with Crippen LogP contribution in [-0.2, 0) is 4.79 Å². The minimum atomic E-state index is -0.860. The first-order valence-electron chi connectivity index (χ1n) is 3.86. The van der Waals surface area contributed by atoms with Crippen LogP contribution in [0.25, 0.3) is 0 Å². The molecule has 5 heteroatoms. The molecule has 78 valence electrons. The van der Waals surface area contributed by atoms with Gasteiger partial charge in [0.15, 0.2) is 0 Å². The lowest BCUT2D eigenvalue weighted by molar-refractivity contribution is -0.137. The fraction of sp³-hybridized carbons (Fsp3) is 0.222. The van der Waals surface area contributed by atoms with E-state index in [1.165, 1.54) is 3.93 Å². The van der Waals surface area contributed by atoms with Crippen molar-refractivity contribution in [1.82, 2.24) is 0 Å². The summed E-state index contributed by atoms with van der Waals surface area (Å²) in [5, 5.41) is 8.74. The van der Waals surface area contributed by atoms with E-state index in [0.717, 1.165) is 5.69 Å². The van der Waals surface area contributed by atoms with Gasteiger partial charge in [-0.2, -0.15) is 0 Å². The highest BCUT2D eigenvalue weighted by atomic mass is 79.9. The SMILES string of the molecule is CC(C(=O)O)N(Br)c1ccccc1.Cl.